The zero-order valence-electron chi connectivity index (χ0n) is 18.8. The lowest BCUT2D eigenvalue weighted by atomic mass is 9.99. The number of nitrogens with zero attached hydrogens (tertiary/aromatic N) is 4. The zero-order valence-corrected chi connectivity index (χ0v) is 18.8. The molecular weight excluding hydrogens is 458 g/mol. The van der Waals surface area contributed by atoms with Gasteiger partial charge in [0.1, 0.15) is 5.56 Å². The number of carboxylic acids is 1. The molecule has 180 valence electrons. The minimum Gasteiger partial charge on any atom is -0.481 e. The fourth-order valence-electron chi connectivity index (χ4n) is 4.05. The van der Waals surface area contributed by atoms with Crippen LogP contribution in [0.15, 0.2) is 63.6 Å². The molecule has 0 amide bonds. The number of halogens is 2. The second-order valence-electron chi connectivity index (χ2n) is 8.51. The molecule has 2 aromatic carbocycles. The van der Waals surface area contributed by atoms with Gasteiger partial charge < -0.3 is 14.2 Å². The Morgan fingerprint density at radius 2 is 1.77 bits per heavy atom. The molecule has 10 heteroatoms. The second kappa shape index (κ2) is 9.03. The largest absolute Gasteiger partial charge is 0.481 e. The van der Waals surface area contributed by atoms with Gasteiger partial charge in [-0.1, -0.05) is 71.8 Å². The number of aliphatic carboxylic acids is 1. The predicted molar refractivity (Wildman–Crippen MR) is 121 cm³/mol. The number of aromatic nitrogens is 3. The molecule has 4 aromatic rings. The summed E-state index contributed by atoms with van der Waals surface area (Å²) in [5.74, 6) is -4.25. The van der Waals surface area contributed by atoms with E-state index in [-0.39, 0.29) is 34.7 Å². The molecule has 2 aromatic heterocycles. The number of rotatable bonds is 8. The normalized spacial score (nSPS) is 14.7. The number of alkyl halides is 2. The van der Waals surface area contributed by atoms with Gasteiger partial charge in [0, 0.05) is 37.2 Å². The van der Waals surface area contributed by atoms with Gasteiger partial charge >= 0.3 is 5.97 Å². The highest BCUT2D eigenvalue weighted by Crippen LogP contribution is 2.43. The summed E-state index contributed by atoms with van der Waals surface area (Å²) in [4.78, 5) is 17.3. The number of carbonyl (C=O) groups is 1. The first-order chi connectivity index (χ1) is 16.9. The molecule has 0 aliphatic carbocycles. The summed E-state index contributed by atoms with van der Waals surface area (Å²) in [7, 11) is 0. The third kappa shape index (κ3) is 4.44. The molecule has 0 bridgehead atoms. The molecule has 0 saturated carbocycles. The van der Waals surface area contributed by atoms with E-state index in [1.165, 1.54) is 6.92 Å². The molecule has 8 nitrogen and oxygen atoms in total. The summed E-state index contributed by atoms with van der Waals surface area (Å²) >= 11 is 0. The Morgan fingerprint density at radius 3 is 2.43 bits per heavy atom. The first-order valence-electron chi connectivity index (χ1n) is 11.2. The zero-order chi connectivity index (χ0) is 24.6. The highest BCUT2D eigenvalue weighted by atomic mass is 19.3. The predicted octanol–water partition coefficient (Wildman–Crippen LogP) is 5.08. The Morgan fingerprint density at radius 1 is 1.06 bits per heavy atom. The molecule has 0 radical (unpaired) electrons. The quantitative estimate of drug-likeness (QED) is 0.372. The summed E-state index contributed by atoms with van der Waals surface area (Å²) in [5.41, 5.74) is 1.56. The Kier molecular flexibility index (Phi) is 5.89. The Bertz CT molecular complexity index is 1330. The number of carboxylic acid groups (broad SMARTS) is 1. The lowest BCUT2D eigenvalue weighted by Crippen LogP contribution is -2.49. The van der Waals surface area contributed by atoms with Gasteiger partial charge in [-0.15, -0.1) is 0 Å². The third-order valence-electron chi connectivity index (χ3n) is 6.09. The summed E-state index contributed by atoms with van der Waals surface area (Å²) in [6, 6.07) is 16.0. The maximum atomic E-state index is 15.0. The molecule has 3 heterocycles. The molecule has 1 N–H and O–H groups in total. The van der Waals surface area contributed by atoms with Gasteiger partial charge in [-0.05, 0) is 5.56 Å². The minimum absolute atomic E-state index is 0.0346. The van der Waals surface area contributed by atoms with Crippen LogP contribution in [0, 0.1) is 5.92 Å². The first-order valence-corrected chi connectivity index (χ1v) is 11.2. The number of likely N-dealkylation sites (tertiary alicyclic amines) is 1. The molecule has 0 spiro atoms. The Balaban J connectivity index is 1.39. The van der Waals surface area contributed by atoms with Crippen LogP contribution in [-0.4, -0.2) is 44.4 Å². The number of benzene rings is 2. The van der Waals surface area contributed by atoms with Crippen LogP contribution in [-0.2, 0) is 17.3 Å². The van der Waals surface area contributed by atoms with E-state index < -0.39 is 18.3 Å². The van der Waals surface area contributed by atoms with E-state index in [4.69, 9.17) is 14.2 Å². The van der Waals surface area contributed by atoms with Gasteiger partial charge in [0.2, 0.25) is 5.82 Å². The van der Waals surface area contributed by atoms with E-state index in [9.17, 15) is 13.6 Å². The molecule has 0 unspecified atom stereocenters. The molecule has 5 rings (SSSR count). The average molecular weight is 480 g/mol. The third-order valence-corrected chi connectivity index (χ3v) is 6.09. The van der Waals surface area contributed by atoms with Crippen LogP contribution in [0.1, 0.15) is 24.5 Å². The van der Waals surface area contributed by atoms with Crippen molar-refractivity contribution in [1.29, 1.82) is 0 Å². The van der Waals surface area contributed by atoms with E-state index in [2.05, 4.69) is 15.3 Å². The van der Waals surface area contributed by atoms with Crippen LogP contribution in [0.25, 0.3) is 34.3 Å². The van der Waals surface area contributed by atoms with Crippen LogP contribution in [0.4, 0.5) is 8.78 Å². The Hall–Kier alpha value is -3.92. The first kappa shape index (κ1) is 22.9. The summed E-state index contributed by atoms with van der Waals surface area (Å²) in [6.45, 7) is 3.07. The van der Waals surface area contributed by atoms with Crippen molar-refractivity contribution in [2.24, 2.45) is 5.92 Å². The van der Waals surface area contributed by atoms with Crippen molar-refractivity contribution in [1.82, 2.24) is 20.2 Å². The van der Waals surface area contributed by atoms with Crippen molar-refractivity contribution in [2.45, 2.75) is 25.8 Å². The fourth-order valence-corrected chi connectivity index (χ4v) is 4.05. The fraction of sp³-hybridized carbons (Fsp3) is 0.280. The Labute approximate surface area is 199 Å². The monoisotopic (exact) mass is 480 g/mol. The highest BCUT2D eigenvalue weighted by molar-refractivity contribution is 5.72. The van der Waals surface area contributed by atoms with E-state index in [1.807, 2.05) is 17.0 Å². The van der Waals surface area contributed by atoms with E-state index in [0.29, 0.717) is 30.8 Å². The molecular formula is C25H22F2N4O4. The summed E-state index contributed by atoms with van der Waals surface area (Å²) in [6.07, 6.45) is -0.451. The van der Waals surface area contributed by atoms with Crippen LogP contribution >= 0.6 is 0 Å². The van der Waals surface area contributed by atoms with Crippen molar-refractivity contribution in [3.05, 3.63) is 65.7 Å². The highest BCUT2D eigenvalue weighted by Gasteiger charge is 2.41. The van der Waals surface area contributed by atoms with Crippen LogP contribution in [0.5, 0.6) is 0 Å². The molecule has 1 aliphatic heterocycles. The van der Waals surface area contributed by atoms with Crippen LogP contribution < -0.4 is 0 Å². The summed E-state index contributed by atoms with van der Waals surface area (Å²) in [5, 5.41) is 16.8. The molecule has 0 atom stereocenters. The van der Waals surface area contributed by atoms with Crippen LogP contribution in [0.2, 0.25) is 0 Å². The van der Waals surface area contributed by atoms with E-state index >= 15 is 0 Å². The molecule has 1 aliphatic rings. The minimum atomic E-state index is -3.21. The summed E-state index contributed by atoms with van der Waals surface area (Å²) < 4.78 is 40.6. The van der Waals surface area contributed by atoms with Gasteiger partial charge in [-0.3, -0.25) is 9.69 Å². The maximum absolute atomic E-state index is 15.0. The molecule has 1 fully saturated rings. The lowest BCUT2D eigenvalue weighted by Gasteiger charge is -2.36. The van der Waals surface area contributed by atoms with E-state index in [0.717, 1.165) is 5.56 Å². The van der Waals surface area contributed by atoms with Crippen molar-refractivity contribution >= 4 is 5.97 Å². The number of hydrogen-bond donors (Lipinski definition) is 1. The smallest absolute Gasteiger partial charge is 0.309 e. The number of hydrogen-bond acceptors (Lipinski definition) is 7. The van der Waals surface area contributed by atoms with Crippen molar-refractivity contribution in [2.75, 3.05) is 13.1 Å². The second-order valence-corrected chi connectivity index (χ2v) is 8.51. The lowest BCUT2D eigenvalue weighted by molar-refractivity contribution is -0.147. The van der Waals surface area contributed by atoms with Crippen LogP contribution in [0.3, 0.4) is 0 Å². The van der Waals surface area contributed by atoms with Gasteiger partial charge in [0.15, 0.2) is 11.5 Å². The van der Waals surface area contributed by atoms with Gasteiger partial charge in [0.25, 0.3) is 11.8 Å². The average Bonchev–Trinajstić information content (AvgIpc) is 3.50. The standard InChI is InChI=1S/C25H22F2N4O4/c1-2-25(26,27)19-20(29-34-21(19)16-6-4-3-5-7-16)23-28-22(30-35-23)17-10-8-15(9-11-17)12-31-13-18(14-31)24(32)33/h3-11,18H,2,12-14H2,1H3,(H,32,33). The molecule has 35 heavy (non-hydrogen) atoms. The van der Waals surface area contributed by atoms with E-state index in [1.54, 1.807) is 42.5 Å². The molecule has 1 saturated heterocycles. The topological polar surface area (TPSA) is 105 Å². The van der Waals surface area contributed by atoms with Crippen molar-refractivity contribution < 1.29 is 27.7 Å². The van der Waals surface area contributed by atoms with Gasteiger partial charge in [-0.2, -0.15) is 4.98 Å². The van der Waals surface area contributed by atoms with Gasteiger partial charge in [-0.25, -0.2) is 8.78 Å². The van der Waals surface area contributed by atoms with Gasteiger partial charge in [0.05, 0.1) is 5.92 Å². The van der Waals surface area contributed by atoms with Crippen molar-refractivity contribution in [3.8, 4) is 34.3 Å². The SMILES string of the molecule is CCC(F)(F)c1c(-c2nc(-c3ccc(CN4CC(C(=O)O)C4)cc3)no2)noc1-c1ccccc1. The maximum Gasteiger partial charge on any atom is 0.309 e. The van der Waals surface area contributed by atoms with Crippen molar-refractivity contribution in [3.63, 3.8) is 0 Å².